The summed E-state index contributed by atoms with van der Waals surface area (Å²) in [6.07, 6.45) is 0. The van der Waals surface area contributed by atoms with E-state index >= 15 is 0 Å². The fraction of sp³-hybridized carbons (Fsp3) is 0.235. The lowest BCUT2D eigenvalue weighted by molar-refractivity contribution is 0.0939. The third-order valence-corrected chi connectivity index (χ3v) is 3.85. The maximum absolute atomic E-state index is 12.3. The van der Waals surface area contributed by atoms with Gasteiger partial charge in [-0.1, -0.05) is 24.3 Å². The van der Waals surface area contributed by atoms with Crippen LogP contribution in [0.5, 0.6) is 5.75 Å². The van der Waals surface area contributed by atoms with Crippen LogP contribution in [0.1, 0.15) is 35.8 Å². The quantitative estimate of drug-likeness (QED) is 0.873. The number of amides is 1. The van der Waals surface area contributed by atoms with Crippen LogP contribution >= 0.6 is 15.9 Å². The molecule has 0 spiro atoms. The minimum Gasteiger partial charge on any atom is -0.494 e. The van der Waals surface area contributed by atoms with Crippen molar-refractivity contribution in [1.82, 2.24) is 5.32 Å². The van der Waals surface area contributed by atoms with Gasteiger partial charge in [0.05, 0.1) is 18.2 Å². The SMILES string of the molecule is CCOc1ccc(C(C)NC(=O)c2ccccc2Br)cc1. The Hall–Kier alpha value is -1.81. The van der Waals surface area contributed by atoms with Crippen LogP contribution in [0.3, 0.4) is 0 Å². The van der Waals surface area contributed by atoms with E-state index in [1.54, 1.807) is 6.07 Å². The molecule has 1 amide bonds. The van der Waals surface area contributed by atoms with E-state index in [0.29, 0.717) is 12.2 Å². The molecule has 1 unspecified atom stereocenters. The highest BCUT2D eigenvalue weighted by atomic mass is 79.9. The van der Waals surface area contributed by atoms with Gasteiger partial charge in [0.1, 0.15) is 5.75 Å². The maximum atomic E-state index is 12.3. The first-order valence-corrected chi connectivity index (χ1v) is 7.69. The first-order valence-electron chi connectivity index (χ1n) is 6.90. The Morgan fingerprint density at radius 2 is 1.86 bits per heavy atom. The monoisotopic (exact) mass is 347 g/mol. The van der Waals surface area contributed by atoms with Crippen LogP contribution in [0, 0.1) is 0 Å². The zero-order valence-corrected chi connectivity index (χ0v) is 13.7. The van der Waals surface area contributed by atoms with Crippen LogP contribution in [-0.2, 0) is 0 Å². The largest absolute Gasteiger partial charge is 0.494 e. The fourth-order valence-electron chi connectivity index (χ4n) is 2.02. The van der Waals surface area contributed by atoms with Gasteiger partial charge in [0.15, 0.2) is 0 Å². The second kappa shape index (κ2) is 7.27. The highest BCUT2D eigenvalue weighted by Gasteiger charge is 2.13. The number of carbonyl (C=O) groups excluding carboxylic acids is 1. The molecule has 1 atom stereocenters. The molecule has 0 aliphatic rings. The molecular weight excluding hydrogens is 330 g/mol. The van der Waals surface area contributed by atoms with Gasteiger partial charge in [-0.15, -0.1) is 0 Å². The lowest BCUT2D eigenvalue weighted by atomic mass is 10.1. The van der Waals surface area contributed by atoms with Crippen molar-refractivity contribution in [3.8, 4) is 5.75 Å². The van der Waals surface area contributed by atoms with Crippen molar-refractivity contribution in [2.75, 3.05) is 6.61 Å². The summed E-state index contributed by atoms with van der Waals surface area (Å²) in [6, 6.07) is 15.1. The van der Waals surface area contributed by atoms with Gasteiger partial charge < -0.3 is 10.1 Å². The second-order valence-corrected chi connectivity index (χ2v) is 5.53. The Morgan fingerprint density at radius 3 is 2.48 bits per heavy atom. The highest BCUT2D eigenvalue weighted by molar-refractivity contribution is 9.10. The molecule has 2 aromatic rings. The zero-order chi connectivity index (χ0) is 15.2. The first kappa shape index (κ1) is 15.6. The molecule has 0 aliphatic heterocycles. The van der Waals surface area contributed by atoms with Gasteiger partial charge in [-0.2, -0.15) is 0 Å². The van der Waals surface area contributed by atoms with Crippen molar-refractivity contribution >= 4 is 21.8 Å². The average Bonchev–Trinajstić information content (AvgIpc) is 2.48. The topological polar surface area (TPSA) is 38.3 Å². The molecule has 0 heterocycles. The number of rotatable bonds is 5. The third-order valence-electron chi connectivity index (χ3n) is 3.16. The average molecular weight is 348 g/mol. The predicted octanol–water partition coefficient (Wildman–Crippen LogP) is 4.34. The van der Waals surface area contributed by atoms with Crippen LogP contribution in [-0.4, -0.2) is 12.5 Å². The van der Waals surface area contributed by atoms with Gasteiger partial charge in [0, 0.05) is 4.47 Å². The highest BCUT2D eigenvalue weighted by Crippen LogP contribution is 2.20. The zero-order valence-electron chi connectivity index (χ0n) is 12.1. The van der Waals surface area contributed by atoms with Crippen LogP contribution in [0.2, 0.25) is 0 Å². The summed E-state index contributed by atoms with van der Waals surface area (Å²) >= 11 is 3.39. The van der Waals surface area contributed by atoms with Crippen molar-refractivity contribution in [2.45, 2.75) is 19.9 Å². The summed E-state index contributed by atoms with van der Waals surface area (Å²) in [7, 11) is 0. The molecule has 0 aliphatic carbocycles. The number of hydrogen-bond donors (Lipinski definition) is 1. The smallest absolute Gasteiger partial charge is 0.252 e. The van der Waals surface area contributed by atoms with E-state index in [1.165, 1.54) is 0 Å². The molecule has 3 nitrogen and oxygen atoms in total. The Balaban J connectivity index is 2.05. The normalized spacial score (nSPS) is 11.8. The van der Waals surface area contributed by atoms with Crippen molar-refractivity contribution in [1.29, 1.82) is 0 Å². The van der Waals surface area contributed by atoms with E-state index in [4.69, 9.17) is 4.74 Å². The number of benzene rings is 2. The summed E-state index contributed by atoms with van der Waals surface area (Å²) in [5, 5.41) is 3.00. The summed E-state index contributed by atoms with van der Waals surface area (Å²) in [5.41, 5.74) is 1.68. The lowest BCUT2D eigenvalue weighted by Crippen LogP contribution is -2.26. The van der Waals surface area contributed by atoms with E-state index in [0.717, 1.165) is 15.8 Å². The molecule has 110 valence electrons. The van der Waals surface area contributed by atoms with Gasteiger partial charge in [-0.05, 0) is 59.6 Å². The molecule has 0 aromatic heterocycles. The summed E-state index contributed by atoms with van der Waals surface area (Å²) in [4.78, 5) is 12.3. The number of hydrogen-bond acceptors (Lipinski definition) is 2. The maximum Gasteiger partial charge on any atom is 0.252 e. The Labute approximate surface area is 133 Å². The standard InChI is InChI=1S/C17H18BrNO2/c1-3-21-14-10-8-13(9-11-14)12(2)19-17(20)15-6-4-5-7-16(15)18/h4-12H,3H2,1-2H3,(H,19,20). The molecule has 2 aromatic carbocycles. The van der Waals surface area contributed by atoms with Gasteiger partial charge in [0.2, 0.25) is 0 Å². The number of halogens is 1. The molecule has 2 rings (SSSR count). The molecular formula is C17H18BrNO2. The van der Waals surface area contributed by atoms with Crippen molar-refractivity contribution in [3.05, 3.63) is 64.1 Å². The third kappa shape index (κ3) is 4.08. The van der Waals surface area contributed by atoms with Gasteiger partial charge >= 0.3 is 0 Å². The predicted molar refractivity (Wildman–Crippen MR) is 87.6 cm³/mol. The molecule has 4 heteroatoms. The van der Waals surface area contributed by atoms with Crippen LogP contribution in [0.15, 0.2) is 53.0 Å². The summed E-state index contributed by atoms with van der Waals surface area (Å²) < 4.78 is 6.21. The molecule has 0 fully saturated rings. The van der Waals surface area contributed by atoms with E-state index in [9.17, 15) is 4.79 Å². The van der Waals surface area contributed by atoms with Crippen LogP contribution in [0.4, 0.5) is 0 Å². The molecule has 0 saturated carbocycles. The molecule has 1 N–H and O–H groups in total. The molecule has 0 bridgehead atoms. The van der Waals surface area contributed by atoms with Gasteiger partial charge in [-0.25, -0.2) is 0 Å². The van der Waals surface area contributed by atoms with Gasteiger partial charge in [-0.3, -0.25) is 4.79 Å². The Morgan fingerprint density at radius 1 is 1.19 bits per heavy atom. The van der Waals surface area contributed by atoms with Crippen molar-refractivity contribution < 1.29 is 9.53 Å². The molecule has 0 saturated heterocycles. The lowest BCUT2D eigenvalue weighted by Gasteiger charge is -2.15. The molecule has 0 radical (unpaired) electrons. The second-order valence-electron chi connectivity index (χ2n) is 4.68. The van der Waals surface area contributed by atoms with Crippen LogP contribution < -0.4 is 10.1 Å². The first-order chi connectivity index (χ1) is 10.1. The van der Waals surface area contributed by atoms with E-state index in [2.05, 4.69) is 21.2 Å². The molecule has 21 heavy (non-hydrogen) atoms. The fourth-order valence-corrected chi connectivity index (χ4v) is 2.49. The van der Waals surface area contributed by atoms with Crippen molar-refractivity contribution in [2.24, 2.45) is 0 Å². The van der Waals surface area contributed by atoms with Crippen molar-refractivity contribution in [3.63, 3.8) is 0 Å². The van der Waals surface area contributed by atoms with Crippen LogP contribution in [0.25, 0.3) is 0 Å². The minimum absolute atomic E-state index is 0.0692. The van der Waals surface area contributed by atoms with E-state index in [-0.39, 0.29) is 11.9 Å². The summed E-state index contributed by atoms with van der Waals surface area (Å²) in [5.74, 6) is 0.745. The van der Waals surface area contributed by atoms with Gasteiger partial charge in [0.25, 0.3) is 5.91 Å². The summed E-state index contributed by atoms with van der Waals surface area (Å²) in [6.45, 7) is 4.56. The number of carbonyl (C=O) groups is 1. The van der Waals surface area contributed by atoms with E-state index in [1.807, 2.05) is 56.3 Å². The Bertz CT molecular complexity index is 610. The Kier molecular flexibility index (Phi) is 5.39. The number of ether oxygens (including phenoxy) is 1. The minimum atomic E-state index is -0.0936. The number of nitrogens with one attached hydrogen (secondary N) is 1. The van der Waals surface area contributed by atoms with E-state index < -0.39 is 0 Å².